The zero-order valence-electron chi connectivity index (χ0n) is 10.1. The van der Waals surface area contributed by atoms with Crippen LogP contribution in [-0.2, 0) is 6.54 Å². The summed E-state index contributed by atoms with van der Waals surface area (Å²) in [7, 11) is 0. The molecule has 1 aliphatic carbocycles. The molecule has 4 heteroatoms. The molecule has 17 heavy (non-hydrogen) atoms. The summed E-state index contributed by atoms with van der Waals surface area (Å²) < 4.78 is 18.7. The largest absolute Gasteiger partial charge is 0.491 e. The van der Waals surface area contributed by atoms with Crippen molar-refractivity contribution in [1.82, 2.24) is 5.32 Å². The summed E-state index contributed by atoms with van der Waals surface area (Å²) in [5.74, 6) is 0.00812. The Kier molecular flexibility index (Phi) is 3.64. The maximum absolute atomic E-state index is 13.5. The van der Waals surface area contributed by atoms with Gasteiger partial charge in [0.05, 0.1) is 6.61 Å². The molecular formula is C13H19FN2O. The zero-order valence-corrected chi connectivity index (χ0v) is 10.1. The van der Waals surface area contributed by atoms with Gasteiger partial charge in [-0.3, -0.25) is 0 Å². The molecule has 0 radical (unpaired) electrons. The van der Waals surface area contributed by atoms with Crippen LogP contribution in [0, 0.1) is 5.82 Å². The van der Waals surface area contributed by atoms with E-state index in [4.69, 9.17) is 10.5 Å². The summed E-state index contributed by atoms with van der Waals surface area (Å²) in [5.41, 5.74) is 6.85. The van der Waals surface area contributed by atoms with E-state index in [0.29, 0.717) is 18.9 Å². The van der Waals surface area contributed by atoms with Crippen molar-refractivity contribution in [3.05, 3.63) is 29.6 Å². The van der Waals surface area contributed by atoms with Gasteiger partial charge in [-0.2, -0.15) is 0 Å². The third-order valence-corrected chi connectivity index (χ3v) is 2.99. The van der Waals surface area contributed by atoms with Gasteiger partial charge < -0.3 is 15.8 Å². The van der Waals surface area contributed by atoms with Crippen LogP contribution in [0.4, 0.5) is 4.39 Å². The Hall–Kier alpha value is -1.13. The lowest BCUT2D eigenvalue weighted by Crippen LogP contribution is -2.35. The molecule has 0 aromatic heterocycles. The van der Waals surface area contributed by atoms with E-state index in [2.05, 4.69) is 5.32 Å². The van der Waals surface area contributed by atoms with Gasteiger partial charge in [-0.25, -0.2) is 4.39 Å². The second kappa shape index (κ2) is 5.02. The molecule has 1 aliphatic rings. The fourth-order valence-electron chi connectivity index (χ4n) is 1.72. The van der Waals surface area contributed by atoms with Crippen molar-refractivity contribution in [2.24, 2.45) is 5.73 Å². The van der Waals surface area contributed by atoms with Gasteiger partial charge in [0.1, 0.15) is 0 Å². The molecular weight excluding hydrogens is 219 g/mol. The minimum absolute atomic E-state index is 0.0101. The number of nitrogens with two attached hydrogens (primary N) is 1. The first-order chi connectivity index (χ1) is 8.13. The topological polar surface area (TPSA) is 47.3 Å². The van der Waals surface area contributed by atoms with Gasteiger partial charge in [-0.1, -0.05) is 6.07 Å². The van der Waals surface area contributed by atoms with Gasteiger partial charge in [0.2, 0.25) is 0 Å². The summed E-state index contributed by atoms with van der Waals surface area (Å²) in [4.78, 5) is 0. The van der Waals surface area contributed by atoms with E-state index in [9.17, 15) is 4.39 Å². The van der Waals surface area contributed by atoms with Gasteiger partial charge in [-0.15, -0.1) is 0 Å². The van der Waals surface area contributed by atoms with Crippen LogP contribution in [0.1, 0.15) is 25.3 Å². The van der Waals surface area contributed by atoms with Crippen molar-refractivity contribution in [1.29, 1.82) is 0 Å². The van der Waals surface area contributed by atoms with Crippen molar-refractivity contribution in [2.75, 3.05) is 13.2 Å². The highest BCUT2D eigenvalue weighted by atomic mass is 19.1. The highest BCUT2D eigenvalue weighted by Crippen LogP contribution is 2.31. The summed E-state index contributed by atoms with van der Waals surface area (Å²) in [6, 6.07) is 5.05. The first-order valence-electron chi connectivity index (χ1n) is 6.04. The standard InChI is InChI=1S/C13H19FN2O/c1-2-17-12-4-3-10(7-11(12)14)8-16-9-13(15)5-6-13/h3-4,7,16H,2,5-6,8-9,15H2,1H3. The predicted molar refractivity (Wildman–Crippen MR) is 65.4 cm³/mol. The van der Waals surface area contributed by atoms with E-state index in [0.717, 1.165) is 24.9 Å². The molecule has 0 heterocycles. The quantitative estimate of drug-likeness (QED) is 0.794. The fraction of sp³-hybridized carbons (Fsp3) is 0.538. The average molecular weight is 238 g/mol. The lowest BCUT2D eigenvalue weighted by Gasteiger charge is -2.11. The molecule has 1 aromatic rings. The van der Waals surface area contributed by atoms with Crippen molar-refractivity contribution >= 4 is 0 Å². The molecule has 0 aliphatic heterocycles. The number of hydrogen-bond donors (Lipinski definition) is 2. The number of rotatable bonds is 6. The Morgan fingerprint density at radius 2 is 2.24 bits per heavy atom. The maximum Gasteiger partial charge on any atom is 0.165 e. The molecule has 1 aromatic carbocycles. The third-order valence-electron chi connectivity index (χ3n) is 2.99. The summed E-state index contributed by atoms with van der Waals surface area (Å²) >= 11 is 0. The minimum atomic E-state index is -0.306. The summed E-state index contributed by atoms with van der Waals surface area (Å²) in [6.45, 7) is 3.75. The highest BCUT2D eigenvalue weighted by molar-refractivity contribution is 5.29. The lowest BCUT2D eigenvalue weighted by molar-refractivity contribution is 0.321. The Balaban J connectivity index is 1.86. The van der Waals surface area contributed by atoms with E-state index in [1.165, 1.54) is 6.07 Å². The fourth-order valence-corrected chi connectivity index (χ4v) is 1.72. The van der Waals surface area contributed by atoms with E-state index < -0.39 is 0 Å². The van der Waals surface area contributed by atoms with Gasteiger partial charge in [0, 0.05) is 18.6 Å². The molecule has 0 unspecified atom stereocenters. The van der Waals surface area contributed by atoms with Crippen LogP contribution in [0.25, 0.3) is 0 Å². The first kappa shape index (κ1) is 12.3. The molecule has 0 amide bonds. The normalized spacial score (nSPS) is 16.9. The maximum atomic E-state index is 13.5. The smallest absolute Gasteiger partial charge is 0.165 e. The Labute approximate surface area is 101 Å². The lowest BCUT2D eigenvalue weighted by atomic mass is 10.2. The zero-order chi connectivity index (χ0) is 12.3. The molecule has 0 atom stereocenters. The van der Waals surface area contributed by atoms with E-state index in [1.807, 2.05) is 13.0 Å². The van der Waals surface area contributed by atoms with E-state index in [-0.39, 0.29) is 11.4 Å². The molecule has 2 rings (SSSR count). The van der Waals surface area contributed by atoms with Crippen molar-refractivity contribution < 1.29 is 9.13 Å². The molecule has 1 fully saturated rings. The monoisotopic (exact) mass is 238 g/mol. The molecule has 3 nitrogen and oxygen atoms in total. The second-order valence-corrected chi connectivity index (χ2v) is 4.66. The van der Waals surface area contributed by atoms with Crippen LogP contribution in [0.3, 0.4) is 0 Å². The average Bonchev–Trinajstić information content (AvgIpc) is 3.01. The van der Waals surface area contributed by atoms with Crippen LogP contribution in [0.2, 0.25) is 0 Å². The van der Waals surface area contributed by atoms with Crippen molar-refractivity contribution in [2.45, 2.75) is 31.8 Å². The van der Waals surface area contributed by atoms with Crippen LogP contribution >= 0.6 is 0 Å². The second-order valence-electron chi connectivity index (χ2n) is 4.66. The van der Waals surface area contributed by atoms with Crippen molar-refractivity contribution in [3.63, 3.8) is 0 Å². The molecule has 0 bridgehead atoms. The van der Waals surface area contributed by atoms with Crippen LogP contribution in [-0.4, -0.2) is 18.7 Å². The molecule has 0 saturated heterocycles. The minimum Gasteiger partial charge on any atom is -0.491 e. The van der Waals surface area contributed by atoms with E-state index >= 15 is 0 Å². The third kappa shape index (κ3) is 3.41. The predicted octanol–water partition coefficient (Wildman–Crippen LogP) is 1.81. The summed E-state index contributed by atoms with van der Waals surface area (Å²) in [6.07, 6.45) is 2.16. The molecule has 1 saturated carbocycles. The van der Waals surface area contributed by atoms with Crippen molar-refractivity contribution in [3.8, 4) is 5.75 Å². The number of halogens is 1. The summed E-state index contributed by atoms with van der Waals surface area (Å²) in [5, 5.41) is 3.25. The SMILES string of the molecule is CCOc1ccc(CNCC2(N)CC2)cc1F. The van der Waals surface area contributed by atoms with Crippen LogP contribution < -0.4 is 15.8 Å². The van der Waals surface area contributed by atoms with Crippen LogP contribution in [0.5, 0.6) is 5.75 Å². The Morgan fingerprint density at radius 1 is 1.47 bits per heavy atom. The van der Waals surface area contributed by atoms with Gasteiger partial charge in [0.25, 0.3) is 0 Å². The van der Waals surface area contributed by atoms with Gasteiger partial charge >= 0.3 is 0 Å². The molecule has 3 N–H and O–H groups in total. The van der Waals surface area contributed by atoms with Gasteiger partial charge in [-0.05, 0) is 37.5 Å². The van der Waals surface area contributed by atoms with E-state index in [1.54, 1.807) is 6.07 Å². The number of hydrogen-bond acceptors (Lipinski definition) is 3. The number of ether oxygens (including phenoxy) is 1. The number of nitrogens with one attached hydrogen (secondary N) is 1. The molecule has 94 valence electrons. The number of benzene rings is 1. The Bertz CT molecular complexity index is 391. The Morgan fingerprint density at radius 3 is 2.82 bits per heavy atom. The first-order valence-corrected chi connectivity index (χ1v) is 6.04. The van der Waals surface area contributed by atoms with Crippen LogP contribution in [0.15, 0.2) is 18.2 Å². The molecule has 0 spiro atoms. The van der Waals surface area contributed by atoms with Gasteiger partial charge in [0.15, 0.2) is 11.6 Å². The highest BCUT2D eigenvalue weighted by Gasteiger charge is 2.37.